The van der Waals surface area contributed by atoms with Crippen molar-refractivity contribution in [1.82, 2.24) is 4.90 Å². The van der Waals surface area contributed by atoms with Crippen LogP contribution in [0.2, 0.25) is 0 Å². The molecule has 0 saturated carbocycles. The van der Waals surface area contributed by atoms with Gasteiger partial charge in [0.1, 0.15) is 0 Å². The van der Waals surface area contributed by atoms with Gasteiger partial charge in [-0.1, -0.05) is 6.42 Å². The molecule has 1 amide bonds. The quantitative estimate of drug-likeness (QED) is 0.508. The summed E-state index contributed by atoms with van der Waals surface area (Å²) in [5.74, 6) is -0.175. The summed E-state index contributed by atoms with van der Waals surface area (Å²) < 4.78 is 10.6. The SMILES string of the molecule is COC(C)(CCCCC1CCC(=O)N1C)OC. The van der Waals surface area contributed by atoms with Crippen molar-refractivity contribution in [3.05, 3.63) is 0 Å². The molecular weight excluding hydrogens is 218 g/mol. The normalized spacial score (nSPS) is 21.3. The first-order valence-electron chi connectivity index (χ1n) is 6.38. The molecule has 0 radical (unpaired) electrons. The lowest BCUT2D eigenvalue weighted by Gasteiger charge is -2.26. The number of carbonyl (C=O) groups is 1. The van der Waals surface area contributed by atoms with Crippen molar-refractivity contribution in [3.8, 4) is 0 Å². The van der Waals surface area contributed by atoms with E-state index < -0.39 is 5.79 Å². The van der Waals surface area contributed by atoms with Crippen molar-refractivity contribution in [2.24, 2.45) is 0 Å². The van der Waals surface area contributed by atoms with E-state index in [1.807, 2.05) is 18.9 Å². The lowest BCUT2D eigenvalue weighted by molar-refractivity contribution is -0.197. The second kappa shape index (κ2) is 6.36. The molecular formula is C13H25NO3. The third-order valence-corrected chi connectivity index (χ3v) is 3.91. The molecule has 1 aliphatic heterocycles. The van der Waals surface area contributed by atoms with Crippen LogP contribution in [0.1, 0.15) is 45.4 Å². The molecule has 17 heavy (non-hydrogen) atoms. The zero-order chi connectivity index (χ0) is 12.9. The van der Waals surface area contributed by atoms with E-state index in [2.05, 4.69) is 0 Å². The van der Waals surface area contributed by atoms with E-state index in [1.165, 1.54) is 0 Å². The first kappa shape index (κ1) is 14.5. The average Bonchev–Trinajstić information content (AvgIpc) is 2.66. The van der Waals surface area contributed by atoms with Crippen molar-refractivity contribution in [1.29, 1.82) is 0 Å². The van der Waals surface area contributed by atoms with Crippen LogP contribution in [0.5, 0.6) is 0 Å². The highest BCUT2D eigenvalue weighted by molar-refractivity contribution is 5.78. The Kier molecular flexibility index (Phi) is 5.40. The number of methoxy groups -OCH3 is 2. The molecule has 1 unspecified atom stereocenters. The Morgan fingerprint density at radius 1 is 1.35 bits per heavy atom. The maximum Gasteiger partial charge on any atom is 0.222 e. The van der Waals surface area contributed by atoms with Crippen molar-refractivity contribution in [2.45, 2.75) is 57.3 Å². The second-order valence-corrected chi connectivity index (χ2v) is 4.98. The number of rotatable bonds is 7. The third-order valence-electron chi connectivity index (χ3n) is 3.91. The second-order valence-electron chi connectivity index (χ2n) is 4.98. The highest BCUT2D eigenvalue weighted by Crippen LogP contribution is 2.24. The largest absolute Gasteiger partial charge is 0.353 e. The van der Waals surface area contributed by atoms with Gasteiger partial charge in [-0.05, 0) is 26.2 Å². The molecule has 4 heteroatoms. The third kappa shape index (κ3) is 3.96. The fourth-order valence-corrected chi connectivity index (χ4v) is 2.32. The lowest BCUT2D eigenvalue weighted by atomic mass is 10.0. The van der Waals surface area contributed by atoms with E-state index in [4.69, 9.17) is 9.47 Å². The predicted molar refractivity (Wildman–Crippen MR) is 66.7 cm³/mol. The molecule has 1 fully saturated rings. The minimum Gasteiger partial charge on any atom is -0.353 e. The molecule has 1 saturated heterocycles. The summed E-state index contributed by atoms with van der Waals surface area (Å²) in [5.41, 5.74) is 0. The fourth-order valence-electron chi connectivity index (χ4n) is 2.32. The van der Waals surface area contributed by atoms with Gasteiger partial charge in [0.2, 0.25) is 5.91 Å². The van der Waals surface area contributed by atoms with Crippen molar-refractivity contribution < 1.29 is 14.3 Å². The molecule has 0 bridgehead atoms. The van der Waals surface area contributed by atoms with Crippen LogP contribution in [-0.2, 0) is 14.3 Å². The number of nitrogens with zero attached hydrogens (tertiary/aromatic N) is 1. The van der Waals surface area contributed by atoms with Crippen LogP contribution in [0.4, 0.5) is 0 Å². The topological polar surface area (TPSA) is 38.8 Å². The summed E-state index contributed by atoms with van der Waals surface area (Å²) in [6.07, 6.45) is 5.90. The Labute approximate surface area is 104 Å². The van der Waals surface area contributed by atoms with Gasteiger partial charge in [0, 0.05) is 40.2 Å². The molecule has 0 aliphatic carbocycles. The van der Waals surface area contributed by atoms with Crippen LogP contribution in [0.25, 0.3) is 0 Å². The van der Waals surface area contributed by atoms with Gasteiger partial charge >= 0.3 is 0 Å². The number of unbranched alkanes of at least 4 members (excludes halogenated alkanes) is 1. The molecule has 0 aromatic carbocycles. The zero-order valence-corrected chi connectivity index (χ0v) is 11.5. The first-order chi connectivity index (χ1) is 8.02. The van der Waals surface area contributed by atoms with Crippen LogP contribution in [-0.4, -0.2) is 43.9 Å². The number of hydrogen-bond donors (Lipinski definition) is 0. The van der Waals surface area contributed by atoms with Gasteiger partial charge in [-0.3, -0.25) is 4.79 Å². The summed E-state index contributed by atoms with van der Waals surface area (Å²) >= 11 is 0. The van der Waals surface area contributed by atoms with Crippen molar-refractivity contribution in [2.75, 3.05) is 21.3 Å². The van der Waals surface area contributed by atoms with E-state index in [-0.39, 0.29) is 5.91 Å². The Balaban J connectivity index is 2.18. The molecule has 0 spiro atoms. The minimum absolute atomic E-state index is 0.286. The van der Waals surface area contributed by atoms with E-state index in [0.717, 1.165) is 38.5 Å². The lowest BCUT2D eigenvalue weighted by Crippen LogP contribution is -2.30. The Hall–Kier alpha value is -0.610. The molecule has 1 atom stereocenters. The molecule has 1 rings (SSSR count). The van der Waals surface area contributed by atoms with Gasteiger partial charge in [-0.15, -0.1) is 0 Å². The minimum atomic E-state index is -0.461. The Bertz CT molecular complexity index is 251. The van der Waals surface area contributed by atoms with Gasteiger partial charge < -0.3 is 14.4 Å². The number of hydrogen-bond acceptors (Lipinski definition) is 3. The van der Waals surface area contributed by atoms with Crippen molar-refractivity contribution in [3.63, 3.8) is 0 Å². The maximum atomic E-state index is 11.4. The van der Waals surface area contributed by atoms with Crippen LogP contribution in [0.15, 0.2) is 0 Å². The van der Waals surface area contributed by atoms with Crippen molar-refractivity contribution >= 4 is 5.91 Å². The van der Waals surface area contributed by atoms with Gasteiger partial charge in [0.05, 0.1) is 0 Å². The number of ether oxygens (including phenoxy) is 2. The average molecular weight is 243 g/mol. The summed E-state index contributed by atoms with van der Waals surface area (Å²) in [6.45, 7) is 1.96. The fraction of sp³-hybridized carbons (Fsp3) is 0.923. The molecule has 1 aliphatic rings. The molecule has 0 N–H and O–H groups in total. The smallest absolute Gasteiger partial charge is 0.222 e. The van der Waals surface area contributed by atoms with Crippen LogP contribution < -0.4 is 0 Å². The highest BCUT2D eigenvalue weighted by atomic mass is 16.7. The first-order valence-corrected chi connectivity index (χ1v) is 6.38. The molecule has 4 nitrogen and oxygen atoms in total. The molecule has 100 valence electrons. The predicted octanol–water partition coefficient (Wildman–Crippen LogP) is 2.18. The standard InChI is InChI=1S/C13H25NO3/c1-13(16-3,17-4)10-6-5-7-11-8-9-12(15)14(11)2/h11H,5-10H2,1-4H3. The number of amides is 1. The summed E-state index contributed by atoms with van der Waals surface area (Å²) in [7, 11) is 5.26. The van der Waals surface area contributed by atoms with E-state index >= 15 is 0 Å². The van der Waals surface area contributed by atoms with E-state index in [9.17, 15) is 4.79 Å². The van der Waals surface area contributed by atoms with Gasteiger partial charge in [-0.25, -0.2) is 0 Å². The zero-order valence-electron chi connectivity index (χ0n) is 11.5. The van der Waals surface area contributed by atoms with E-state index in [1.54, 1.807) is 14.2 Å². The molecule has 0 aromatic rings. The van der Waals surface area contributed by atoms with Crippen LogP contribution >= 0.6 is 0 Å². The number of carbonyl (C=O) groups excluding carboxylic acids is 1. The van der Waals surface area contributed by atoms with Crippen LogP contribution in [0, 0.1) is 0 Å². The maximum absolute atomic E-state index is 11.4. The van der Waals surface area contributed by atoms with Crippen LogP contribution in [0.3, 0.4) is 0 Å². The van der Waals surface area contributed by atoms with Gasteiger partial charge in [0.25, 0.3) is 0 Å². The summed E-state index contributed by atoms with van der Waals surface area (Å²) in [6, 6.07) is 0.443. The van der Waals surface area contributed by atoms with Gasteiger partial charge in [-0.2, -0.15) is 0 Å². The molecule has 1 heterocycles. The summed E-state index contributed by atoms with van der Waals surface area (Å²) in [5, 5.41) is 0. The Morgan fingerprint density at radius 2 is 2.00 bits per heavy atom. The Morgan fingerprint density at radius 3 is 2.47 bits per heavy atom. The molecule has 0 aromatic heterocycles. The van der Waals surface area contributed by atoms with E-state index in [0.29, 0.717) is 6.04 Å². The van der Waals surface area contributed by atoms with Gasteiger partial charge in [0.15, 0.2) is 5.79 Å². The monoisotopic (exact) mass is 243 g/mol. The highest BCUT2D eigenvalue weighted by Gasteiger charge is 2.27. The number of likely N-dealkylation sites (tertiary alicyclic amines) is 1. The summed E-state index contributed by atoms with van der Waals surface area (Å²) in [4.78, 5) is 13.2.